The zero-order valence-corrected chi connectivity index (χ0v) is 18.1. The van der Waals surface area contributed by atoms with Crippen molar-refractivity contribution in [2.24, 2.45) is 0 Å². The van der Waals surface area contributed by atoms with Gasteiger partial charge in [0.2, 0.25) is 5.95 Å². The Bertz CT molecular complexity index is 1120. The highest BCUT2D eigenvalue weighted by molar-refractivity contribution is 6.04. The smallest absolute Gasteiger partial charge is 0.255 e. The Kier molecular flexibility index (Phi) is 6.75. The molecule has 7 nitrogen and oxygen atoms in total. The molecule has 2 aromatic carbocycles. The first-order chi connectivity index (χ1) is 15.5. The Morgan fingerprint density at radius 1 is 1.00 bits per heavy atom. The summed E-state index contributed by atoms with van der Waals surface area (Å²) in [5, 5.41) is 2.95. The number of nitrogens with zero attached hydrogens (tertiary/aromatic N) is 4. The quantitative estimate of drug-likeness (QED) is 0.623. The van der Waals surface area contributed by atoms with Crippen molar-refractivity contribution < 1.29 is 4.79 Å². The van der Waals surface area contributed by atoms with Gasteiger partial charge < -0.3 is 16.0 Å². The molecule has 1 aromatic heterocycles. The summed E-state index contributed by atoms with van der Waals surface area (Å²) in [6, 6.07) is 15.2. The highest BCUT2D eigenvalue weighted by Gasteiger charge is 2.14. The van der Waals surface area contributed by atoms with Crippen molar-refractivity contribution in [1.29, 1.82) is 0 Å². The Balaban J connectivity index is 1.36. The first kappa shape index (κ1) is 21.5. The Morgan fingerprint density at radius 2 is 1.69 bits per heavy atom. The average Bonchev–Trinajstić information content (AvgIpc) is 2.81. The summed E-state index contributed by atoms with van der Waals surface area (Å²) >= 11 is 0. The van der Waals surface area contributed by atoms with Crippen LogP contribution in [0.25, 0.3) is 0 Å². The van der Waals surface area contributed by atoms with E-state index >= 15 is 0 Å². The maximum atomic E-state index is 12.7. The van der Waals surface area contributed by atoms with Crippen LogP contribution in [0.3, 0.4) is 0 Å². The number of carbonyl (C=O) groups excluding carboxylic acids is 1. The van der Waals surface area contributed by atoms with Crippen molar-refractivity contribution in [3.63, 3.8) is 0 Å². The lowest BCUT2D eigenvalue weighted by Gasteiger charge is -2.32. The Labute approximate surface area is 188 Å². The predicted octanol–water partition coefficient (Wildman–Crippen LogP) is 2.46. The molecule has 0 spiro atoms. The number of benzene rings is 2. The largest absolute Gasteiger partial charge is 0.368 e. The van der Waals surface area contributed by atoms with Gasteiger partial charge in [0.25, 0.3) is 5.91 Å². The van der Waals surface area contributed by atoms with Gasteiger partial charge in [-0.05, 0) is 42.9 Å². The van der Waals surface area contributed by atoms with Crippen LogP contribution < -0.4 is 11.1 Å². The zero-order chi connectivity index (χ0) is 22.3. The fourth-order valence-electron chi connectivity index (χ4n) is 3.45. The van der Waals surface area contributed by atoms with Crippen molar-refractivity contribution in [2.45, 2.75) is 6.54 Å². The molecule has 0 unspecified atom stereocenters. The number of rotatable bonds is 4. The molecule has 0 aliphatic carbocycles. The van der Waals surface area contributed by atoms with E-state index in [0.29, 0.717) is 16.8 Å². The Hall–Kier alpha value is -3.73. The Morgan fingerprint density at radius 3 is 2.41 bits per heavy atom. The van der Waals surface area contributed by atoms with Crippen LogP contribution in [0, 0.1) is 11.8 Å². The third-order valence-electron chi connectivity index (χ3n) is 5.36. The van der Waals surface area contributed by atoms with E-state index in [-0.39, 0.29) is 11.9 Å². The minimum Gasteiger partial charge on any atom is -0.368 e. The van der Waals surface area contributed by atoms with Gasteiger partial charge in [-0.3, -0.25) is 9.69 Å². The molecular weight excluding hydrogens is 400 g/mol. The van der Waals surface area contributed by atoms with Crippen LogP contribution in [0.4, 0.5) is 11.6 Å². The molecule has 1 fully saturated rings. The fraction of sp³-hybridized carbons (Fsp3) is 0.240. The van der Waals surface area contributed by atoms with Gasteiger partial charge in [-0.2, -0.15) is 0 Å². The number of hydrogen-bond acceptors (Lipinski definition) is 6. The molecule has 162 valence electrons. The molecule has 4 rings (SSSR count). The van der Waals surface area contributed by atoms with Crippen LogP contribution in [-0.2, 0) is 6.54 Å². The SMILES string of the molecule is CN1CCN(Cc2ccc(C(=O)Nc3cccc(C#Cc4cnc(N)nc4)c3)cc2)CC1. The number of likely N-dealkylation sites (N-methyl/N-ethyl adjacent to an activating group) is 1. The topological polar surface area (TPSA) is 87.4 Å². The minimum absolute atomic E-state index is 0.145. The van der Waals surface area contributed by atoms with Crippen LogP contribution in [0.1, 0.15) is 27.0 Å². The van der Waals surface area contributed by atoms with Gasteiger partial charge in [-0.25, -0.2) is 9.97 Å². The van der Waals surface area contributed by atoms with E-state index in [4.69, 9.17) is 5.73 Å². The molecule has 1 saturated heterocycles. The molecule has 3 N–H and O–H groups in total. The predicted molar refractivity (Wildman–Crippen MR) is 126 cm³/mol. The van der Waals surface area contributed by atoms with Crippen molar-refractivity contribution >= 4 is 17.5 Å². The molecule has 0 radical (unpaired) electrons. The zero-order valence-electron chi connectivity index (χ0n) is 18.1. The second kappa shape index (κ2) is 10.1. The lowest BCUT2D eigenvalue weighted by molar-refractivity contribution is 0.102. The van der Waals surface area contributed by atoms with E-state index < -0.39 is 0 Å². The summed E-state index contributed by atoms with van der Waals surface area (Å²) in [5.41, 5.74) is 9.48. The first-order valence-corrected chi connectivity index (χ1v) is 10.6. The number of amides is 1. The average molecular weight is 427 g/mol. The molecule has 1 aliphatic rings. The molecule has 2 heterocycles. The molecule has 1 amide bonds. The van der Waals surface area contributed by atoms with E-state index in [1.807, 2.05) is 48.5 Å². The van der Waals surface area contributed by atoms with E-state index in [9.17, 15) is 4.79 Å². The lowest BCUT2D eigenvalue weighted by Crippen LogP contribution is -2.43. The number of nitrogens with two attached hydrogens (primary N) is 1. The van der Waals surface area contributed by atoms with Gasteiger partial charge in [-0.15, -0.1) is 0 Å². The van der Waals surface area contributed by atoms with Crippen LogP contribution in [-0.4, -0.2) is 58.9 Å². The third-order valence-corrected chi connectivity index (χ3v) is 5.36. The van der Waals surface area contributed by atoms with Crippen molar-refractivity contribution in [3.8, 4) is 11.8 Å². The van der Waals surface area contributed by atoms with Crippen LogP contribution in [0.2, 0.25) is 0 Å². The van der Waals surface area contributed by atoms with Crippen molar-refractivity contribution in [3.05, 3.63) is 83.2 Å². The van der Waals surface area contributed by atoms with E-state index in [1.165, 1.54) is 5.56 Å². The summed E-state index contributed by atoms with van der Waals surface area (Å²) in [6.45, 7) is 5.25. The summed E-state index contributed by atoms with van der Waals surface area (Å²) < 4.78 is 0. The van der Waals surface area contributed by atoms with Crippen LogP contribution in [0.15, 0.2) is 60.9 Å². The maximum absolute atomic E-state index is 12.7. The van der Waals surface area contributed by atoms with Crippen molar-refractivity contribution in [1.82, 2.24) is 19.8 Å². The number of piperazine rings is 1. The summed E-state index contributed by atoms with van der Waals surface area (Å²) in [5.74, 6) is 6.12. The molecule has 1 aliphatic heterocycles. The molecular formula is C25H26N6O. The molecule has 0 atom stereocenters. The third kappa shape index (κ3) is 5.91. The lowest BCUT2D eigenvalue weighted by atomic mass is 10.1. The monoisotopic (exact) mass is 426 g/mol. The summed E-state index contributed by atoms with van der Waals surface area (Å²) in [7, 11) is 2.15. The number of hydrogen-bond donors (Lipinski definition) is 2. The molecule has 7 heteroatoms. The summed E-state index contributed by atoms with van der Waals surface area (Å²) in [4.78, 5) is 25.3. The van der Waals surface area contributed by atoms with Gasteiger partial charge in [0.05, 0.1) is 5.56 Å². The number of aromatic nitrogens is 2. The van der Waals surface area contributed by atoms with E-state index in [2.05, 4.69) is 44.0 Å². The molecule has 0 bridgehead atoms. The van der Waals surface area contributed by atoms with Gasteiger partial charge in [0.1, 0.15) is 0 Å². The van der Waals surface area contributed by atoms with Gasteiger partial charge in [0, 0.05) is 61.9 Å². The van der Waals surface area contributed by atoms with Crippen LogP contribution in [0.5, 0.6) is 0 Å². The molecule has 0 saturated carbocycles. The number of nitrogen functional groups attached to an aromatic ring is 1. The normalized spacial score (nSPS) is 14.4. The fourth-order valence-corrected chi connectivity index (χ4v) is 3.45. The van der Waals surface area contributed by atoms with Gasteiger partial charge in [-0.1, -0.05) is 30.0 Å². The standard InChI is InChI=1S/C25H26N6O/c1-30-11-13-31(14-12-30)18-20-7-9-22(10-8-20)24(32)29-23-4-2-3-19(15-23)5-6-21-16-27-25(26)28-17-21/h2-4,7-10,15-17H,11-14,18H2,1H3,(H,29,32)(H2,26,27,28). The second-order valence-corrected chi connectivity index (χ2v) is 7.89. The van der Waals surface area contributed by atoms with Gasteiger partial charge in [0.15, 0.2) is 0 Å². The first-order valence-electron chi connectivity index (χ1n) is 10.6. The number of nitrogens with one attached hydrogen (secondary N) is 1. The van der Waals surface area contributed by atoms with E-state index in [1.54, 1.807) is 12.4 Å². The second-order valence-electron chi connectivity index (χ2n) is 7.89. The summed E-state index contributed by atoms with van der Waals surface area (Å²) in [6.07, 6.45) is 3.16. The maximum Gasteiger partial charge on any atom is 0.255 e. The van der Waals surface area contributed by atoms with Gasteiger partial charge >= 0.3 is 0 Å². The van der Waals surface area contributed by atoms with E-state index in [0.717, 1.165) is 38.3 Å². The highest BCUT2D eigenvalue weighted by Crippen LogP contribution is 2.14. The minimum atomic E-state index is -0.145. The van der Waals surface area contributed by atoms with Crippen LogP contribution >= 0.6 is 0 Å². The van der Waals surface area contributed by atoms with Crippen molar-refractivity contribution in [2.75, 3.05) is 44.3 Å². The molecule has 3 aromatic rings. The number of carbonyl (C=O) groups is 1. The number of anilines is 2. The highest BCUT2D eigenvalue weighted by atomic mass is 16.1. The molecule has 32 heavy (non-hydrogen) atoms.